The Kier molecular flexibility index (Phi) is 0.806. The number of hydrogen-bond donors (Lipinski definition) is 0. The molecule has 8 heavy (non-hydrogen) atoms. The fourth-order valence-corrected chi connectivity index (χ4v) is 1.43. The van der Waals surface area contributed by atoms with Crippen LogP contribution in [0, 0.1) is 5.92 Å². The van der Waals surface area contributed by atoms with Crippen molar-refractivity contribution in [2.45, 2.75) is 19.3 Å². The van der Waals surface area contributed by atoms with E-state index in [0.717, 1.165) is 5.92 Å². The van der Waals surface area contributed by atoms with Crippen molar-refractivity contribution in [3.63, 3.8) is 0 Å². The van der Waals surface area contributed by atoms with Gasteiger partial charge >= 0.3 is 0 Å². The van der Waals surface area contributed by atoms with Gasteiger partial charge in [0.25, 0.3) is 0 Å². The van der Waals surface area contributed by atoms with Crippen LogP contribution in [0.25, 0.3) is 0 Å². The number of rotatable bonds is 0. The minimum absolute atomic E-state index is 0.865. The van der Waals surface area contributed by atoms with Crippen LogP contribution in [0.15, 0.2) is 23.8 Å². The number of hydrogen-bond acceptors (Lipinski definition) is 0. The van der Waals surface area contributed by atoms with Crippen LogP contribution in [-0.2, 0) is 0 Å². The zero-order valence-electron chi connectivity index (χ0n) is 4.93. The highest BCUT2D eigenvalue weighted by Gasteiger charge is 2.18. The lowest BCUT2D eigenvalue weighted by Crippen LogP contribution is -2.10. The summed E-state index contributed by atoms with van der Waals surface area (Å²) in [5, 5.41) is 0. The van der Waals surface area contributed by atoms with Gasteiger partial charge in [-0.05, 0) is 24.8 Å². The Morgan fingerprint density at radius 3 is 2.88 bits per heavy atom. The highest BCUT2D eigenvalue weighted by Crippen LogP contribution is 2.33. The molecule has 2 rings (SSSR count). The third-order valence-corrected chi connectivity index (χ3v) is 2.05. The van der Waals surface area contributed by atoms with Gasteiger partial charge in [0.2, 0.25) is 0 Å². The van der Waals surface area contributed by atoms with Crippen LogP contribution in [0.4, 0.5) is 0 Å². The Balaban J connectivity index is 2.26. The van der Waals surface area contributed by atoms with E-state index >= 15 is 0 Å². The number of allylic oxidation sites excluding steroid dienone is 4. The van der Waals surface area contributed by atoms with Crippen LogP contribution in [0.2, 0.25) is 0 Å². The molecule has 0 nitrogen and oxygen atoms in total. The van der Waals surface area contributed by atoms with Gasteiger partial charge in [0.1, 0.15) is 0 Å². The van der Waals surface area contributed by atoms with Crippen LogP contribution in [-0.4, -0.2) is 0 Å². The van der Waals surface area contributed by atoms with E-state index in [9.17, 15) is 0 Å². The van der Waals surface area contributed by atoms with E-state index in [0.29, 0.717) is 0 Å². The topological polar surface area (TPSA) is 0 Å². The molecule has 0 spiro atoms. The van der Waals surface area contributed by atoms with Crippen molar-refractivity contribution in [3.05, 3.63) is 23.8 Å². The summed E-state index contributed by atoms with van der Waals surface area (Å²) < 4.78 is 0. The predicted octanol–water partition coefficient (Wildman–Crippen LogP) is 2.28. The predicted molar refractivity (Wildman–Crippen MR) is 34.6 cm³/mol. The first-order valence-electron chi connectivity index (χ1n) is 3.35. The summed E-state index contributed by atoms with van der Waals surface area (Å²) in [6.45, 7) is 0. The number of fused-ring (bicyclic) bond motifs is 1. The fourth-order valence-electron chi connectivity index (χ4n) is 1.43. The Morgan fingerprint density at radius 2 is 2.50 bits per heavy atom. The Labute approximate surface area is 49.9 Å². The van der Waals surface area contributed by atoms with Crippen LogP contribution in [0.5, 0.6) is 0 Å². The minimum Gasteiger partial charge on any atom is -0.0807 e. The summed E-state index contributed by atoms with van der Waals surface area (Å²) in [6, 6.07) is 0. The highest BCUT2D eigenvalue weighted by atomic mass is 14.2. The van der Waals surface area contributed by atoms with Gasteiger partial charge in [0.15, 0.2) is 0 Å². The molecule has 0 heterocycles. The van der Waals surface area contributed by atoms with E-state index in [4.69, 9.17) is 0 Å². The van der Waals surface area contributed by atoms with Crippen LogP contribution >= 0.6 is 0 Å². The average Bonchev–Trinajstić information content (AvgIpc) is 1.72. The van der Waals surface area contributed by atoms with Crippen molar-refractivity contribution in [1.82, 2.24) is 0 Å². The van der Waals surface area contributed by atoms with Crippen molar-refractivity contribution in [2.75, 3.05) is 0 Å². The van der Waals surface area contributed by atoms with Gasteiger partial charge in [-0.2, -0.15) is 0 Å². The van der Waals surface area contributed by atoms with Crippen LogP contribution < -0.4 is 0 Å². The van der Waals surface area contributed by atoms with Crippen molar-refractivity contribution < 1.29 is 0 Å². The van der Waals surface area contributed by atoms with Gasteiger partial charge in [-0.15, -0.1) is 0 Å². The third kappa shape index (κ3) is 0.459. The normalized spacial score (nSPS) is 33.0. The Morgan fingerprint density at radius 1 is 1.50 bits per heavy atom. The van der Waals surface area contributed by atoms with Gasteiger partial charge in [-0.1, -0.05) is 18.2 Å². The molecule has 2 aliphatic carbocycles. The van der Waals surface area contributed by atoms with E-state index in [2.05, 4.69) is 18.2 Å². The molecule has 42 valence electrons. The third-order valence-electron chi connectivity index (χ3n) is 2.05. The van der Waals surface area contributed by atoms with E-state index in [-0.39, 0.29) is 0 Å². The second kappa shape index (κ2) is 1.48. The quantitative estimate of drug-likeness (QED) is 0.444. The summed E-state index contributed by atoms with van der Waals surface area (Å²) in [6.07, 6.45) is 11.0. The minimum atomic E-state index is 0.865. The van der Waals surface area contributed by atoms with Gasteiger partial charge in [0, 0.05) is 5.92 Å². The molecular weight excluding hydrogens is 96.1 g/mol. The summed E-state index contributed by atoms with van der Waals surface area (Å²) in [5.74, 6) is 0.865. The molecule has 0 aromatic heterocycles. The van der Waals surface area contributed by atoms with Crippen LogP contribution in [0.1, 0.15) is 19.3 Å². The van der Waals surface area contributed by atoms with Crippen LogP contribution in [0.3, 0.4) is 0 Å². The van der Waals surface area contributed by atoms with Crippen molar-refractivity contribution in [3.8, 4) is 0 Å². The second-order valence-corrected chi connectivity index (χ2v) is 2.60. The molecule has 0 aromatic rings. The molecule has 0 radical (unpaired) electrons. The van der Waals surface area contributed by atoms with E-state index in [1.54, 1.807) is 5.57 Å². The summed E-state index contributed by atoms with van der Waals surface area (Å²) >= 11 is 0. The molecule has 0 aromatic carbocycles. The zero-order chi connectivity index (χ0) is 5.40. The summed E-state index contributed by atoms with van der Waals surface area (Å²) in [7, 11) is 0. The standard InChI is InChI=1S/C8H10/c1-2-4-8-6-5-7(8)3-1/h3,5-6,8H,1-2,4H2. The maximum Gasteiger partial charge on any atom is 0.00180 e. The van der Waals surface area contributed by atoms with Crippen molar-refractivity contribution >= 4 is 0 Å². The lowest BCUT2D eigenvalue weighted by atomic mass is 9.80. The van der Waals surface area contributed by atoms with E-state index in [1.165, 1.54) is 19.3 Å². The fraction of sp³-hybridized carbons (Fsp3) is 0.500. The van der Waals surface area contributed by atoms with E-state index in [1.807, 2.05) is 0 Å². The first-order chi connectivity index (χ1) is 3.97. The van der Waals surface area contributed by atoms with Gasteiger partial charge in [0.05, 0.1) is 0 Å². The molecule has 2 aliphatic rings. The highest BCUT2D eigenvalue weighted by molar-refractivity contribution is 5.36. The smallest absolute Gasteiger partial charge is 0.00180 e. The first-order valence-corrected chi connectivity index (χ1v) is 3.35. The Bertz CT molecular complexity index is 151. The molecule has 0 amide bonds. The van der Waals surface area contributed by atoms with Gasteiger partial charge in [-0.25, -0.2) is 0 Å². The largest absolute Gasteiger partial charge is 0.0807 e. The SMILES string of the molecule is C1=CC2CCCC=C12. The lowest BCUT2D eigenvalue weighted by molar-refractivity contribution is 0.585. The molecule has 0 bridgehead atoms. The van der Waals surface area contributed by atoms with Gasteiger partial charge < -0.3 is 0 Å². The van der Waals surface area contributed by atoms with Crippen molar-refractivity contribution in [2.24, 2.45) is 5.92 Å². The maximum absolute atomic E-state index is 2.37. The first kappa shape index (κ1) is 4.37. The maximum atomic E-state index is 2.37. The molecule has 0 heteroatoms. The molecule has 0 aliphatic heterocycles. The molecule has 0 saturated carbocycles. The van der Waals surface area contributed by atoms with E-state index < -0.39 is 0 Å². The lowest BCUT2D eigenvalue weighted by Gasteiger charge is -2.25. The van der Waals surface area contributed by atoms with Crippen molar-refractivity contribution in [1.29, 1.82) is 0 Å². The molecule has 0 fully saturated rings. The molecule has 0 N–H and O–H groups in total. The second-order valence-electron chi connectivity index (χ2n) is 2.60. The Hall–Kier alpha value is -0.520. The summed E-state index contributed by atoms with van der Waals surface area (Å²) in [5.41, 5.74) is 1.59. The average molecular weight is 106 g/mol. The van der Waals surface area contributed by atoms with Gasteiger partial charge in [-0.3, -0.25) is 0 Å². The zero-order valence-corrected chi connectivity index (χ0v) is 4.93. The molecule has 1 atom stereocenters. The monoisotopic (exact) mass is 106 g/mol. The summed E-state index contributed by atoms with van der Waals surface area (Å²) in [4.78, 5) is 0. The molecular formula is C8H10. The molecule has 1 unspecified atom stereocenters. The molecule has 0 saturated heterocycles.